The fraction of sp³-hybridized carbons (Fsp3) is 0.467. The number of likely N-dealkylation sites (tertiary alicyclic amines) is 1. The number of nitrogens with zero attached hydrogens (tertiary/aromatic N) is 1. The van der Waals surface area contributed by atoms with E-state index in [1.54, 1.807) is 25.1 Å². The number of rotatable bonds is 4. The topological polar surface area (TPSA) is 95.7 Å². The van der Waals surface area contributed by atoms with Crippen molar-refractivity contribution in [3.63, 3.8) is 0 Å². The van der Waals surface area contributed by atoms with Crippen LogP contribution in [0.1, 0.15) is 19.8 Å². The molecule has 2 rings (SSSR count). The molecule has 114 valence electrons. The van der Waals surface area contributed by atoms with E-state index in [1.807, 2.05) is 4.90 Å². The van der Waals surface area contributed by atoms with Crippen LogP contribution in [0.4, 0.5) is 5.69 Å². The van der Waals surface area contributed by atoms with E-state index in [9.17, 15) is 14.7 Å². The molecule has 1 aromatic rings. The highest BCUT2D eigenvalue weighted by molar-refractivity contribution is 5.93. The summed E-state index contributed by atoms with van der Waals surface area (Å²) in [5.41, 5.74) is 5.72. The number of hydrogen-bond donors (Lipinski definition) is 3. The maximum atomic E-state index is 12.2. The van der Waals surface area contributed by atoms with Gasteiger partial charge in [0.15, 0.2) is 0 Å². The van der Waals surface area contributed by atoms with Gasteiger partial charge in [0.25, 0.3) is 0 Å². The van der Waals surface area contributed by atoms with Crippen LogP contribution in [0.15, 0.2) is 24.3 Å². The fourth-order valence-corrected chi connectivity index (χ4v) is 2.54. The molecule has 1 heterocycles. The number of carbonyl (C=O) groups is 2. The van der Waals surface area contributed by atoms with Crippen LogP contribution in [0.5, 0.6) is 5.75 Å². The molecule has 0 radical (unpaired) electrons. The predicted octanol–water partition coefficient (Wildman–Crippen LogP) is 0.916. The van der Waals surface area contributed by atoms with Crippen LogP contribution in [0, 0.1) is 5.92 Å². The summed E-state index contributed by atoms with van der Waals surface area (Å²) < 4.78 is 0. The Hall–Kier alpha value is -2.08. The first kappa shape index (κ1) is 15.3. The molecule has 1 aliphatic rings. The summed E-state index contributed by atoms with van der Waals surface area (Å²) in [5, 5.41) is 12.4. The lowest BCUT2D eigenvalue weighted by atomic mass is 9.95. The number of phenolic OH excluding ortho intramolecular Hbond substituents is 1. The molecule has 1 unspecified atom stereocenters. The first-order valence-corrected chi connectivity index (χ1v) is 7.11. The van der Waals surface area contributed by atoms with Gasteiger partial charge in [-0.25, -0.2) is 0 Å². The quantitative estimate of drug-likeness (QED) is 0.719. The Kier molecular flexibility index (Phi) is 4.80. The normalized spacial score (nSPS) is 18.1. The molecule has 1 aliphatic heterocycles. The van der Waals surface area contributed by atoms with E-state index in [0.29, 0.717) is 31.6 Å². The summed E-state index contributed by atoms with van der Waals surface area (Å²) >= 11 is 0. The van der Waals surface area contributed by atoms with Crippen molar-refractivity contribution in [3.8, 4) is 5.75 Å². The van der Waals surface area contributed by atoms with Gasteiger partial charge in [0.1, 0.15) is 5.75 Å². The van der Waals surface area contributed by atoms with Gasteiger partial charge in [-0.05, 0) is 45.0 Å². The lowest BCUT2D eigenvalue weighted by molar-refractivity contribution is -0.124. The highest BCUT2D eigenvalue weighted by Gasteiger charge is 2.29. The standard InChI is InChI=1S/C15H21N3O3/c1-10(14(16)20)18-8-6-11(7-9-18)15(21)17-12-4-2-3-5-13(12)19/h2-5,10-11,19H,6-9H2,1H3,(H2,16,20)(H,17,21). The summed E-state index contributed by atoms with van der Waals surface area (Å²) in [6.07, 6.45) is 1.36. The molecule has 0 bridgehead atoms. The molecule has 0 spiro atoms. The van der Waals surface area contributed by atoms with Crippen molar-refractivity contribution in [2.75, 3.05) is 18.4 Å². The molecule has 2 amide bonds. The number of primary amides is 1. The minimum absolute atomic E-state index is 0.0608. The van der Waals surface area contributed by atoms with Crippen molar-refractivity contribution in [2.24, 2.45) is 11.7 Å². The van der Waals surface area contributed by atoms with Crippen LogP contribution in [0.3, 0.4) is 0 Å². The third-order valence-electron chi connectivity index (χ3n) is 4.02. The molecule has 1 atom stereocenters. The second-order valence-corrected chi connectivity index (χ2v) is 5.39. The van der Waals surface area contributed by atoms with Gasteiger partial charge in [-0.3, -0.25) is 14.5 Å². The molecule has 6 heteroatoms. The van der Waals surface area contributed by atoms with Gasteiger partial charge in [0, 0.05) is 5.92 Å². The molecule has 0 aliphatic carbocycles. The Morgan fingerprint density at radius 3 is 2.52 bits per heavy atom. The predicted molar refractivity (Wildman–Crippen MR) is 79.7 cm³/mol. The van der Waals surface area contributed by atoms with Gasteiger partial charge >= 0.3 is 0 Å². The van der Waals surface area contributed by atoms with E-state index in [-0.39, 0.29) is 29.5 Å². The number of piperidine rings is 1. The number of amides is 2. The maximum absolute atomic E-state index is 12.2. The van der Waals surface area contributed by atoms with Crippen molar-refractivity contribution in [3.05, 3.63) is 24.3 Å². The highest BCUT2D eigenvalue weighted by atomic mass is 16.3. The van der Waals surface area contributed by atoms with Crippen LogP contribution >= 0.6 is 0 Å². The summed E-state index contributed by atoms with van der Waals surface area (Å²) in [6, 6.07) is 6.36. The lowest BCUT2D eigenvalue weighted by Crippen LogP contribution is -2.47. The van der Waals surface area contributed by atoms with E-state index in [2.05, 4.69) is 5.32 Å². The number of benzene rings is 1. The number of phenols is 1. The first-order chi connectivity index (χ1) is 9.99. The Bertz CT molecular complexity index is 525. The molecule has 1 saturated heterocycles. The number of aromatic hydroxyl groups is 1. The third kappa shape index (κ3) is 3.72. The van der Waals surface area contributed by atoms with Crippen LogP contribution in [0.25, 0.3) is 0 Å². The summed E-state index contributed by atoms with van der Waals surface area (Å²) in [7, 11) is 0. The monoisotopic (exact) mass is 291 g/mol. The van der Waals surface area contributed by atoms with Crippen molar-refractivity contribution in [2.45, 2.75) is 25.8 Å². The molecule has 21 heavy (non-hydrogen) atoms. The van der Waals surface area contributed by atoms with Crippen LogP contribution < -0.4 is 11.1 Å². The fourth-order valence-electron chi connectivity index (χ4n) is 2.54. The first-order valence-electron chi connectivity index (χ1n) is 7.11. The van der Waals surface area contributed by atoms with Crippen molar-refractivity contribution in [1.82, 2.24) is 4.90 Å². The van der Waals surface area contributed by atoms with E-state index >= 15 is 0 Å². The van der Waals surface area contributed by atoms with E-state index in [4.69, 9.17) is 5.73 Å². The average molecular weight is 291 g/mol. The zero-order valence-corrected chi connectivity index (χ0v) is 12.1. The molecular formula is C15H21N3O3. The molecule has 1 fully saturated rings. The van der Waals surface area contributed by atoms with Gasteiger partial charge in [-0.15, -0.1) is 0 Å². The number of para-hydroxylation sites is 2. The van der Waals surface area contributed by atoms with E-state index < -0.39 is 0 Å². The van der Waals surface area contributed by atoms with Crippen molar-refractivity contribution >= 4 is 17.5 Å². The zero-order valence-electron chi connectivity index (χ0n) is 12.1. The summed E-state index contributed by atoms with van der Waals surface area (Å²) in [5.74, 6) is -0.485. The second kappa shape index (κ2) is 6.58. The molecule has 6 nitrogen and oxygen atoms in total. The van der Waals surface area contributed by atoms with Gasteiger partial charge in [-0.2, -0.15) is 0 Å². The Balaban J connectivity index is 1.89. The Morgan fingerprint density at radius 2 is 1.95 bits per heavy atom. The van der Waals surface area contributed by atoms with Crippen LogP contribution in [-0.4, -0.2) is 41.0 Å². The van der Waals surface area contributed by atoms with Crippen molar-refractivity contribution in [1.29, 1.82) is 0 Å². The van der Waals surface area contributed by atoms with Gasteiger partial charge in [0.05, 0.1) is 11.7 Å². The highest BCUT2D eigenvalue weighted by Crippen LogP contribution is 2.25. The number of nitrogens with one attached hydrogen (secondary N) is 1. The summed E-state index contributed by atoms with van der Waals surface area (Å²) in [4.78, 5) is 25.4. The molecule has 4 N–H and O–H groups in total. The zero-order chi connectivity index (χ0) is 15.4. The third-order valence-corrected chi connectivity index (χ3v) is 4.02. The molecular weight excluding hydrogens is 270 g/mol. The number of hydrogen-bond acceptors (Lipinski definition) is 4. The smallest absolute Gasteiger partial charge is 0.234 e. The minimum atomic E-state index is -0.341. The van der Waals surface area contributed by atoms with E-state index in [0.717, 1.165) is 0 Å². The Morgan fingerprint density at radius 1 is 1.33 bits per heavy atom. The van der Waals surface area contributed by atoms with Crippen molar-refractivity contribution < 1.29 is 14.7 Å². The maximum Gasteiger partial charge on any atom is 0.234 e. The van der Waals surface area contributed by atoms with E-state index in [1.165, 1.54) is 6.07 Å². The molecule has 0 aromatic heterocycles. The van der Waals surface area contributed by atoms with Gasteiger partial charge < -0.3 is 16.2 Å². The summed E-state index contributed by atoms with van der Waals surface area (Å²) in [6.45, 7) is 3.12. The average Bonchev–Trinajstić information content (AvgIpc) is 2.49. The minimum Gasteiger partial charge on any atom is -0.506 e. The van der Waals surface area contributed by atoms with Crippen LogP contribution in [0.2, 0.25) is 0 Å². The van der Waals surface area contributed by atoms with Gasteiger partial charge in [0.2, 0.25) is 11.8 Å². The number of carbonyl (C=O) groups excluding carboxylic acids is 2. The Labute approximate surface area is 123 Å². The SMILES string of the molecule is CC(C(N)=O)N1CCC(C(=O)Nc2ccccc2O)CC1. The largest absolute Gasteiger partial charge is 0.506 e. The second-order valence-electron chi connectivity index (χ2n) is 5.39. The number of nitrogens with two attached hydrogens (primary N) is 1. The lowest BCUT2D eigenvalue weighted by Gasteiger charge is -2.34. The van der Waals surface area contributed by atoms with Gasteiger partial charge in [-0.1, -0.05) is 12.1 Å². The number of anilines is 1. The molecule has 0 saturated carbocycles. The molecule has 1 aromatic carbocycles. The van der Waals surface area contributed by atoms with Crippen LogP contribution in [-0.2, 0) is 9.59 Å².